The van der Waals surface area contributed by atoms with Crippen LogP contribution in [0.4, 0.5) is 0 Å². The van der Waals surface area contributed by atoms with Gasteiger partial charge in [-0.15, -0.1) is 6.58 Å². The summed E-state index contributed by atoms with van der Waals surface area (Å²) in [6, 6.07) is 0. The molecule has 0 heterocycles. The zero-order valence-electron chi connectivity index (χ0n) is 7.44. The molecule has 0 aromatic rings. The molecule has 0 saturated heterocycles. The number of hydrogen-bond donors (Lipinski definition) is 0. The fraction of sp³-hybridized carbons (Fsp3) is 0.800. The second kappa shape index (κ2) is 9.70. The maximum absolute atomic E-state index is 6.94. The Labute approximate surface area is 70.7 Å². The first-order valence-corrected chi connectivity index (χ1v) is 4.67. The lowest BCUT2D eigenvalue weighted by Gasteiger charge is -1.97. The van der Waals surface area contributed by atoms with Gasteiger partial charge in [0.2, 0.25) is 0 Å². The number of rotatable bonds is 8. The molecule has 0 amide bonds. The van der Waals surface area contributed by atoms with Crippen molar-refractivity contribution in [2.24, 2.45) is 0 Å². The van der Waals surface area contributed by atoms with Crippen LogP contribution in [0.15, 0.2) is 12.7 Å². The van der Waals surface area contributed by atoms with Gasteiger partial charge in [0, 0.05) is 6.54 Å². The van der Waals surface area contributed by atoms with Crippen LogP contribution in [0.5, 0.6) is 0 Å². The summed E-state index contributed by atoms with van der Waals surface area (Å²) in [5.74, 6) is 0. The molecule has 1 heteroatoms. The van der Waals surface area contributed by atoms with E-state index in [1.54, 1.807) is 0 Å². The Morgan fingerprint density at radius 3 is 2.00 bits per heavy atom. The van der Waals surface area contributed by atoms with Crippen LogP contribution in [-0.4, -0.2) is 6.54 Å². The van der Waals surface area contributed by atoms with Crippen LogP contribution in [-0.2, 0) is 0 Å². The Morgan fingerprint density at radius 1 is 0.909 bits per heavy atom. The third-order valence-electron chi connectivity index (χ3n) is 1.84. The number of nitrogens with one attached hydrogen (secondary N) is 1. The van der Waals surface area contributed by atoms with Gasteiger partial charge in [0.15, 0.2) is 0 Å². The van der Waals surface area contributed by atoms with Gasteiger partial charge in [0.1, 0.15) is 0 Å². The molecule has 0 atom stereocenters. The molecule has 11 heavy (non-hydrogen) atoms. The van der Waals surface area contributed by atoms with Gasteiger partial charge in [0.05, 0.1) is 0 Å². The summed E-state index contributed by atoms with van der Waals surface area (Å²) >= 11 is 0. The Balaban J connectivity index is 2.74. The van der Waals surface area contributed by atoms with Crippen LogP contribution >= 0.6 is 0 Å². The van der Waals surface area contributed by atoms with E-state index in [2.05, 4.69) is 6.58 Å². The first kappa shape index (κ1) is 10.7. The lowest BCUT2D eigenvalue weighted by atomic mass is 10.1. The maximum atomic E-state index is 6.94. The van der Waals surface area contributed by atoms with Crippen LogP contribution in [0.25, 0.3) is 0 Å². The summed E-state index contributed by atoms with van der Waals surface area (Å²) in [5, 5.41) is 0. The minimum atomic E-state index is 0.604. The van der Waals surface area contributed by atoms with Crippen molar-refractivity contribution in [1.29, 1.82) is 0 Å². The van der Waals surface area contributed by atoms with Crippen molar-refractivity contribution < 1.29 is 0 Å². The highest BCUT2D eigenvalue weighted by Crippen LogP contribution is 2.06. The van der Waals surface area contributed by atoms with Crippen LogP contribution in [0.1, 0.15) is 44.9 Å². The Morgan fingerprint density at radius 2 is 1.45 bits per heavy atom. The summed E-state index contributed by atoms with van der Waals surface area (Å²) in [5.41, 5.74) is 6.94. The van der Waals surface area contributed by atoms with Gasteiger partial charge >= 0.3 is 0 Å². The lowest BCUT2D eigenvalue weighted by Crippen LogP contribution is -1.85. The smallest absolute Gasteiger partial charge is 0.00997 e. The topological polar surface area (TPSA) is 23.8 Å². The largest absolute Gasteiger partial charge is 0.258 e. The molecule has 0 rings (SSSR count). The molecule has 0 aromatic carbocycles. The van der Waals surface area contributed by atoms with Crippen molar-refractivity contribution in [1.82, 2.24) is 5.73 Å². The molecule has 0 bridgehead atoms. The van der Waals surface area contributed by atoms with E-state index in [-0.39, 0.29) is 0 Å². The second-order valence-corrected chi connectivity index (χ2v) is 2.95. The summed E-state index contributed by atoms with van der Waals surface area (Å²) in [7, 11) is 0. The number of unbranched alkanes of at least 4 members (excludes halogenated alkanes) is 6. The third kappa shape index (κ3) is 9.70. The molecule has 0 fully saturated rings. The third-order valence-corrected chi connectivity index (χ3v) is 1.84. The first-order chi connectivity index (χ1) is 5.41. The SMILES string of the molecule is C=CCCCCCCCC[NH]. The van der Waals surface area contributed by atoms with Crippen molar-refractivity contribution in [3.63, 3.8) is 0 Å². The van der Waals surface area contributed by atoms with Gasteiger partial charge < -0.3 is 0 Å². The van der Waals surface area contributed by atoms with Crippen LogP contribution in [0.3, 0.4) is 0 Å². The molecule has 0 aliphatic heterocycles. The van der Waals surface area contributed by atoms with E-state index in [0.29, 0.717) is 6.54 Å². The highest BCUT2D eigenvalue weighted by Gasteiger charge is 1.88. The fourth-order valence-corrected chi connectivity index (χ4v) is 1.12. The van der Waals surface area contributed by atoms with Crippen molar-refractivity contribution in [3.8, 4) is 0 Å². The molecular weight excluding hydrogens is 134 g/mol. The average molecular weight is 154 g/mol. The average Bonchev–Trinajstić information content (AvgIpc) is 2.03. The molecule has 65 valence electrons. The van der Waals surface area contributed by atoms with E-state index in [0.717, 1.165) is 6.42 Å². The highest BCUT2D eigenvalue weighted by atomic mass is 14.5. The molecule has 0 spiro atoms. The first-order valence-electron chi connectivity index (χ1n) is 4.67. The molecule has 0 aliphatic rings. The summed E-state index contributed by atoms with van der Waals surface area (Å²) in [6.45, 7) is 4.29. The maximum Gasteiger partial charge on any atom is 0.00997 e. The Hall–Kier alpha value is -0.300. The number of hydrogen-bond acceptors (Lipinski definition) is 0. The van der Waals surface area contributed by atoms with Gasteiger partial charge in [-0.2, -0.15) is 0 Å². The normalized spacial score (nSPS) is 9.91. The minimum Gasteiger partial charge on any atom is -0.258 e. The molecule has 0 aliphatic carbocycles. The quantitative estimate of drug-likeness (QED) is 0.379. The van der Waals surface area contributed by atoms with Crippen LogP contribution in [0.2, 0.25) is 0 Å². The van der Waals surface area contributed by atoms with E-state index < -0.39 is 0 Å². The standard InChI is InChI=1S/C10H20N/c1-2-3-4-5-6-7-8-9-10-11/h2,11H,1,3-10H2. The molecule has 1 N–H and O–H groups in total. The summed E-state index contributed by atoms with van der Waals surface area (Å²) < 4.78 is 0. The van der Waals surface area contributed by atoms with E-state index in [1.165, 1.54) is 38.5 Å². The molecular formula is C10H20N. The monoisotopic (exact) mass is 154 g/mol. The van der Waals surface area contributed by atoms with Crippen molar-refractivity contribution >= 4 is 0 Å². The molecule has 0 aromatic heterocycles. The number of allylic oxidation sites excluding steroid dienone is 1. The van der Waals surface area contributed by atoms with Gasteiger partial charge in [-0.3, -0.25) is 5.73 Å². The van der Waals surface area contributed by atoms with Crippen molar-refractivity contribution in [3.05, 3.63) is 12.7 Å². The summed E-state index contributed by atoms with van der Waals surface area (Å²) in [6.07, 6.45) is 10.8. The predicted molar refractivity (Wildman–Crippen MR) is 50.5 cm³/mol. The second-order valence-electron chi connectivity index (χ2n) is 2.95. The highest BCUT2D eigenvalue weighted by molar-refractivity contribution is 4.65. The molecule has 1 nitrogen and oxygen atoms in total. The van der Waals surface area contributed by atoms with E-state index >= 15 is 0 Å². The van der Waals surface area contributed by atoms with E-state index in [9.17, 15) is 0 Å². The van der Waals surface area contributed by atoms with Gasteiger partial charge in [-0.25, -0.2) is 0 Å². The Bertz CT molecular complexity index is 78.9. The van der Waals surface area contributed by atoms with E-state index in [4.69, 9.17) is 5.73 Å². The molecule has 0 saturated carbocycles. The summed E-state index contributed by atoms with van der Waals surface area (Å²) in [4.78, 5) is 0. The van der Waals surface area contributed by atoms with Crippen molar-refractivity contribution in [2.45, 2.75) is 44.9 Å². The van der Waals surface area contributed by atoms with Crippen LogP contribution < -0.4 is 5.73 Å². The Kier molecular flexibility index (Phi) is 9.44. The molecule has 0 unspecified atom stereocenters. The van der Waals surface area contributed by atoms with Gasteiger partial charge in [-0.05, 0) is 19.3 Å². The minimum absolute atomic E-state index is 0.604. The van der Waals surface area contributed by atoms with Crippen LogP contribution in [0, 0.1) is 0 Å². The predicted octanol–water partition coefficient (Wildman–Crippen LogP) is 3.19. The zero-order valence-corrected chi connectivity index (χ0v) is 7.44. The lowest BCUT2D eigenvalue weighted by molar-refractivity contribution is 0.599. The van der Waals surface area contributed by atoms with E-state index in [1.807, 2.05) is 6.08 Å². The fourth-order valence-electron chi connectivity index (χ4n) is 1.12. The van der Waals surface area contributed by atoms with Gasteiger partial charge in [0.25, 0.3) is 0 Å². The van der Waals surface area contributed by atoms with Crippen molar-refractivity contribution in [2.75, 3.05) is 6.54 Å². The van der Waals surface area contributed by atoms with Gasteiger partial charge in [-0.1, -0.05) is 31.8 Å². The molecule has 1 radical (unpaired) electrons. The zero-order chi connectivity index (χ0) is 8.36.